The van der Waals surface area contributed by atoms with Crippen LogP contribution >= 0.6 is 0 Å². The number of nitrogens with one attached hydrogen (secondary N) is 1. The van der Waals surface area contributed by atoms with Crippen LogP contribution in [0.3, 0.4) is 0 Å². The van der Waals surface area contributed by atoms with Crippen molar-refractivity contribution in [2.75, 3.05) is 0 Å². The maximum absolute atomic E-state index is 12.2. The second-order valence-electron chi connectivity index (χ2n) is 6.35. The Morgan fingerprint density at radius 3 is 2.62 bits per heavy atom. The normalized spacial score (nSPS) is 34.8. The summed E-state index contributed by atoms with van der Waals surface area (Å²) in [6, 6.07) is 6.82. The van der Waals surface area contributed by atoms with Gasteiger partial charge in [-0.3, -0.25) is 0 Å². The van der Waals surface area contributed by atoms with E-state index in [0.717, 1.165) is 24.1 Å². The monoisotopic (exact) mass is 302 g/mol. The first kappa shape index (κ1) is 13.1. The van der Waals surface area contributed by atoms with Crippen LogP contribution in [0.2, 0.25) is 0 Å². The highest BCUT2D eigenvalue weighted by Gasteiger charge is 2.52. The van der Waals surface area contributed by atoms with E-state index in [0.29, 0.717) is 23.7 Å². The van der Waals surface area contributed by atoms with Crippen molar-refractivity contribution in [2.24, 2.45) is 28.8 Å². The molecule has 1 aromatic rings. The molecule has 21 heavy (non-hydrogen) atoms. The van der Waals surface area contributed by atoms with E-state index in [4.69, 9.17) is 0 Å². The van der Waals surface area contributed by atoms with Crippen LogP contribution in [0.25, 0.3) is 0 Å². The SMILES string of the molecule is Cc1ccc(S(=O)(=O)NN=C2CC3C4C=CC3C2C4)cc1. The molecule has 4 unspecified atom stereocenters. The van der Waals surface area contributed by atoms with Crippen LogP contribution in [0.5, 0.6) is 0 Å². The van der Waals surface area contributed by atoms with Crippen LogP contribution in [0.15, 0.2) is 46.4 Å². The van der Waals surface area contributed by atoms with Gasteiger partial charge < -0.3 is 0 Å². The van der Waals surface area contributed by atoms with Crippen LogP contribution in [-0.2, 0) is 10.0 Å². The van der Waals surface area contributed by atoms with E-state index in [1.807, 2.05) is 6.92 Å². The molecule has 0 spiro atoms. The topological polar surface area (TPSA) is 58.5 Å². The molecule has 110 valence electrons. The molecule has 5 heteroatoms. The fourth-order valence-electron chi connectivity index (χ4n) is 4.03. The van der Waals surface area contributed by atoms with Gasteiger partial charge in [0, 0.05) is 11.6 Å². The molecule has 1 aromatic carbocycles. The van der Waals surface area contributed by atoms with Crippen molar-refractivity contribution < 1.29 is 8.42 Å². The van der Waals surface area contributed by atoms with E-state index in [2.05, 4.69) is 22.1 Å². The molecule has 4 rings (SSSR count). The Bertz CT molecular complexity index is 734. The number of sulfonamides is 1. The molecule has 4 bridgehead atoms. The number of allylic oxidation sites excluding steroid dienone is 2. The smallest absolute Gasteiger partial charge is 0.200 e. The number of hydrazone groups is 1. The summed E-state index contributed by atoms with van der Waals surface area (Å²) in [5.74, 6) is 2.41. The van der Waals surface area contributed by atoms with Crippen molar-refractivity contribution in [1.29, 1.82) is 0 Å². The molecule has 2 saturated carbocycles. The molecular weight excluding hydrogens is 284 g/mol. The van der Waals surface area contributed by atoms with Crippen LogP contribution in [0, 0.1) is 30.6 Å². The molecule has 0 radical (unpaired) electrons. The number of nitrogens with zero attached hydrogens (tertiary/aromatic N) is 1. The van der Waals surface area contributed by atoms with Gasteiger partial charge in [0.05, 0.1) is 4.90 Å². The number of rotatable bonds is 3. The molecule has 0 aliphatic heterocycles. The quantitative estimate of drug-likeness (QED) is 0.689. The van der Waals surface area contributed by atoms with E-state index in [-0.39, 0.29) is 4.90 Å². The first-order chi connectivity index (χ1) is 10.0. The van der Waals surface area contributed by atoms with Gasteiger partial charge in [0.25, 0.3) is 10.0 Å². The first-order valence-electron chi connectivity index (χ1n) is 7.38. The van der Waals surface area contributed by atoms with Crippen molar-refractivity contribution in [1.82, 2.24) is 4.83 Å². The van der Waals surface area contributed by atoms with E-state index in [1.54, 1.807) is 24.3 Å². The third kappa shape index (κ3) is 2.02. The predicted molar refractivity (Wildman–Crippen MR) is 81.3 cm³/mol. The average molecular weight is 302 g/mol. The van der Waals surface area contributed by atoms with Gasteiger partial charge in [0.1, 0.15) is 0 Å². The minimum atomic E-state index is -3.55. The third-order valence-corrected chi connectivity index (χ3v) is 6.35. The minimum absolute atomic E-state index is 0.266. The van der Waals surface area contributed by atoms with Gasteiger partial charge in [-0.15, -0.1) is 0 Å². The van der Waals surface area contributed by atoms with Crippen LogP contribution < -0.4 is 4.83 Å². The number of hydrogen-bond donors (Lipinski definition) is 1. The largest absolute Gasteiger partial charge is 0.276 e. The van der Waals surface area contributed by atoms with E-state index >= 15 is 0 Å². The highest BCUT2D eigenvalue weighted by molar-refractivity contribution is 7.89. The van der Waals surface area contributed by atoms with Crippen molar-refractivity contribution in [3.05, 3.63) is 42.0 Å². The van der Waals surface area contributed by atoms with E-state index < -0.39 is 10.0 Å². The number of benzene rings is 1. The van der Waals surface area contributed by atoms with Gasteiger partial charge in [-0.2, -0.15) is 13.5 Å². The van der Waals surface area contributed by atoms with Gasteiger partial charge in [0.2, 0.25) is 0 Å². The second-order valence-corrected chi connectivity index (χ2v) is 8.01. The lowest BCUT2D eigenvalue weighted by atomic mass is 9.88. The van der Waals surface area contributed by atoms with Gasteiger partial charge in [-0.1, -0.05) is 29.8 Å². The molecule has 0 saturated heterocycles. The second kappa shape index (κ2) is 4.44. The first-order valence-corrected chi connectivity index (χ1v) is 8.86. The van der Waals surface area contributed by atoms with E-state index in [9.17, 15) is 8.42 Å². The Balaban J connectivity index is 1.53. The summed E-state index contributed by atoms with van der Waals surface area (Å²) in [4.78, 5) is 2.68. The zero-order chi connectivity index (χ0) is 14.6. The highest BCUT2D eigenvalue weighted by Crippen LogP contribution is 2.56. The molecule has 4 nitrogen and oxygen atoms in total. The average Bonchev–Trinajstić information content (AvgIpc) is 3.12. The van der Waals surface area contributed by atoms with Gasteiger partial charge in [0.15, 0.2) is 0 Å². The van der Waals surface area contributed by atoms with Gasteiger partial charge in [-0.05, 0) is 49.7 Å². The van der Waals surface area contributed by atoms with Gasteiger partial charge >= 0.3 is 0 Å². The molecule has 0 heterocycles. The lowest BCUT2D eigenvalue weighted by molar-refractivity contribution is 0.462. The summed E-state index contributed by atoms with van der Waals surface area (Å²) >= 11 is 0. The summed E-state index contributed by atoms with van der Waals surface area (Å²) in [6.45, 7) is 1.93. The Hall–Kier alpha value is -1.62. The Morgan fingerprint density at radius 1 is 1.19 bits per heavy atom. The molecule has 3 aliphatic carbocycles. The Morgan fingerprint density at radius 2 is 1.95 bits per heavy atom. The van der Waals surface area contributed by atoms with Crippen LogP contribution in [0.4, 0.5) is 0 Å². The summed E-state index contributed by atoms with van der Waals surface area (Å²) in [6.07, 6.45) is 6.68. The van der Waals surface area contributed by atoms with Crippen LogP contribution in [0.1, 0.15) is 18.4 Å². The fourth-order valence-corrected chi connectivity index (χ4v) is 4.87. The van der Waals surface area contributed by atoms with E-state index in [1.165, 1.54) is 0 Å². The third-order valence-electron chi connectivity index (χ3n) is 5.13. The maximum Gasteiger partial charge on any atom is 0.276 e. The highest BCUT2D eigenvalue weighted by atomic mass is 32.2. The summed E-state index contributed by atoms with van der Waals surface area (Å²) < 4.78 is 24.5. The minimum Gasteiger partial charge on any atom is -0.200 e. The number of hydrogen-bond acceptors (Lipinski definition) is 3. The molecule has 3 aliphatic rings. The summed E-state index contributed by atoms with van der Waals surface area (Å²) in [5.41, 5.74) is 2.07. The lowest BCUT2D eigenvalue weighted by Crippen LogP contribution is -2.24. The molecule has 4 atom stereocenters. The Labute approximate surface area is 125 Å². The zero-order valence-corrected chi connectivity index (χ0v) is 12.7. The molecule has 0 amide bonds. The standard InChI is InChI=1S/C16H18N2O2S/c1-10-2-5-12(6-3-10)21(19,20)18-17-16-9-14-11-4-7-13(14)15(16)8-11/h2-7,11,13-15,18H,8-9H2,1H3. The van der Waals surface area contributed by atoms with Crippen molar-refractivity contribution >= 4 is 15.7 Å². The fraction of sp³-hybridized carbons (Fsp3) is 0.438. The number of aryl methyl sites for hydroxylation is 1. The van der Waals surface area contributed by atoms with Gasteiger partial charge in [-0.25, -0.2) is 4.83 Å². The molecular formula is C16H18N2O2S. The van der Waals surface area contributed by atoms with Crippen molar-refractivity contribution in [3.8, 4) is 0 Å². The van der Waals surface area contributed by atoms with Crippen LogP contribution in [-0.4, -0.2) is 14.1 Å². The summed E-state index contributed by atoms with van der Waals surface area (Å²) in [7, 11) is -3.55. The lowest BCUT2D eigenvalue weighted by Gasteiger charge is -2.19. The molecule has 0 aromatic heterocycles. The maximum atomic E-state index is 12.2. The van der Waals surface area contributed by atoms with Crippen molar-refractivity contribution in [2.45, 2.75) is 24.7 Å². The predicted octanol–water partition coefficient (Wildman–Crippen LogP) is 2.47. The summed E-state index contributed by atoms with van der Waals surface area (Å²) in [5, 5.41) is 4.24. The zero-order valence-electron chi connectivity index (χ0n) is 11.9. The Kier molecular flexibility index (Phi) is 2.76. The molecule has 2 fully saturated rings. The molecule has 1 N–H and O–H groups in total. The van der Waals surface area contributed by atoms with Crippen molar-refractivity contribution in [3.63, 3.8) is 0 Å².